The summed E-state index contributed by atoms with van der Waals surface area (Å²) < 4.78 is 0. The van der Waals surface area contributed by atoms with Crippen LogP contribution in [0, 0.1) is 5.41 Å². The number of aromatic nitrogens is 2. The predicted octanol–water partition coefficient (Wildman–Crippen LogP) is 3.65. The quantitative estimate of drug-likeness (QED) is 0.878. The third-order valence-corrected chi connectivity index (χ3v) is 4.69. The van der Waals surface area contributed by atoms with Crippen LogP contribution in [0.2, 0.25) is 0 Å². The van der Waals surface area contributed by atoms with E-state index in [1.807, 2.05) is 5.38 Å². The molecule has 0 radical (unpaired) electrons. The molecule has 0 aliphatic heterocycles. The third kappa shape index (κ3) is 2.66. The number of hydrogen-bond acceptors (Lipinski definition) is 5. The van der Waals surface area contributed by atoms with Crippen molar-refractivity contribution in [2.24, 2.45) is 5.41 Å². The molecule has 3 rings (SSSR count). The van der Waals surface area contributed by atoms with Gasteiger partial charge in [0.25, 0.3) is 0 Å². The molecule has 0 spiro atoms. The summed E-state index contributed by atoms with van der Waals surface area (Å²) in [4.78, 5) is 9.60. The Kier molecular flexibility index (Phi) is 3.09. The van der Waals surface area contributed by atoms with Gasteiger partial charge in [-0.3, -0.25) is 0 Å². The van der Waals surface area contributed by atoms with Gasteiger partial charge in [0.15, 0.2) is 0 Å². The van der Waals surface area contributed by atoms with Gasteiger partial charge in [-0.05, 0) is 36.1 Å². The summed E-state index contributed by atoms with van der Waals surface area (Å²) in [7, 11) is 0. The van der Waals surface area contributed by atoms with Crippen LogP contribution in [0.15, 0.2) is 11.4 Å². The van der Waals surface area contributed by atoms with Crippen molar-refractivity contribution in [3.05, 3.63) is 11.4 Å². The summed E-state index contributed by atoms with van der Waals surface area (Å²) in [5, 5.41) is 6.70. The Morgan fingerprint density at radius 1 is 1.42 bits per heavy atom. The summed E-state index contributed by atoms with van der Waals surface area (Å²) in [6.07, 6.45) is 4.98. The summed E-state index contributed by atoms with van der Waals surface area (Å²) in [5.74, 6) is 1.25. The third-order valence-electron chi connectivity index (χ3n) is 3.89. The molecule has 4 nitrogen and oxygen atoms in total. The van der Waals surface area contributed by atoms with E-state index in [1.165, 1.54) is 25.7 Å². The Labute approximate surface area is 117 Å². The van der Waals surface area contributed by atoms with Gasteiger partial charge >= 0.3 is 0 Å². The number of nitrogens with zero attached hydrogens (tertiary/aromatic N) is 2. The van der Waals surface area contributed by atoms with Crippen LogP contribution in [0.3, 0.4) is 0 Å². The first-order valence-electron chi connectivity index (χ1n) is 6.81. The monoisotopic (exact) mass is 276 g/mol. The molecule has 1 aliphatic rings. The zero-order valence-electron chi connectivity index (χ0n) is 11.4. The molecule has 1 fully saturated rings. The zero-order valence-corrected chi connectivity index (χ0v) is 12.3. The van der Waals surface area contributed by atoms with Crippen LogP contribution in [0.1, 0.15) is 39.5 Å². The molecule has 0 aromatic carbocycles. The molecule has 1 aliphatic carbocycles. The lowest BCUT2D eigenvalue weighted by Crippen LogP contribution is -2.32. The second kappa shape index (κ2) is 4.63. The maximum atomic E-state index is 5.79. The average Bonchev–Trinajstić information content (AvgIpc) is 2.75. The fourth-order valence-electron chi connectivity index (χ4n) is 3.00. The lowest BCUT2D eigenvalue weighted by atomic mass is 9.75. The number of hydrogen-bond donors (Lipinski definition) is 2. The smallest absolute Gasteiger partial charge is 0.223 e. The minimum Gasteiger partial charge on any atom is -0.368 e. The second-order valence-electron chi connectivity index (χ2n) is 6.17. The Bertz CT molecular complexity index is 590. The Hall–Kier alpha value is -1.36. The highest BCUT2D eigenvalue weighted by atomic mass is 32.1. The molecule has 1 unspecified atom stereocenters. The van der Waals surface area contributed by atoms with Crippen LogP contribution in [0.4, 0.5) is 11.8 Å². The molecule has 2 aromatic heterocycles. The Balaban J connectivity index is 1.86. The van der Waals surface area contributed by atoms with Crippen LogP contribution in [0.5, 0.6) is 0 Å². The van der Waals surface area contributed by atoms with Crippen LogP contribution < -0.4 is 11.1 Å². The molecule has 0 bridgehead atoms. The second-order valence-corrected chi connectivity index (χ2v) is 7.07. The predicted molar refractivity (Wildman–Crippen MR) is 81.5 cm³/mol. The van der Waals surface area contributed by atoms with Crippen LogP contribution in [0.25, 0.3) is 10.2 Å². The summed E-state index contributed by atoms with van der Waals surface area (Å²) in [5.41, 5.74) is 6.21. The van der Waals surface area contributed by atoms with Gasteiger partial charge in [-0.2, -0.15) is 4.98 Å². The van der Waals surface area contributed by atoms with Crippen LogP contribution >= 0.6 is 11.3 Å². The van der Waals surface area contributed by atoms with Gasteiger partial charge in [0.2, 0.25) is 5.95 Å². The summed E-state index contributed by atoms with van der Waals surface area (Å²) >= 11 is 1.61. The molecule has 1 atom stereocenters. The summed E-state index contributed by atoms with van der Waals surface area (Å²) in [6.45, 7) is 4.69. The Morgan fingerprint density at radius 2 is 2.26 bits per heavy atom. The number of nitrogens with two attached hydrogens (primary N) is 1. The van der Waals surface area contributed by atoms with E-state index in [0.717, 1.165) is 16.0 Å². The van der Waals surface area contributed by atoms with Crippen molar-refractivity contribution in [2.75, 3.05) is 11.1 Å². The number of thiophene rings is 1. The first-order chi connectivity index (χ1) is 9.03. The van der Waals surface area contributed by atoms with Crippen molar-refractivity contribution < 1.29 is 0 Å². The van der Waals surface area contributed by atoms with Crippen LogP contribution in [-0.4, -0.2) is 16.0 Å². The van der Waals surface area contributed by atoms with E-state index in [9.17, 15) is 0 Å². The molecule has 5 heteroatoms. The van der Waals surface area contributed by atoms with E-state index >= 15 is 0 Å². The van der Waals surface area contributed by atoms with Gasteiger partial charge in [-0.15, -0.1) is 11.3 Å². The van der Waals surface area contributed by atoms with Crippen molar-refractivity contribution in [1.82, 2.24) is 9.97 Å². The number of nitrogens with one attached hydrogen (secondary N) is 1. The number of rotatable bonds is 2. The highest BCUT2D eigenvalue weighted by molar-refractivity contribution is 7.16. The summed E-state index contributed by atoms with van der Waals surface area (Å²) in [6, 6.07) is 2.55. The molecule has 102 valence electrons. The van der Waals surface area contributed by atoms with E-state index in [1.54, 1.807) is 11.3 Å². The number of anilines is 2. The maximum Gasteiger partial charge on any atom is 0.223 e. The molecule has 1 saturated carbocycles. The van der Waals surface area contributed by atoms with Gasteiger partial charge < -0.3 is 11.1 Å². The molecule has 0 amide bonds. The van der Waals surface area contributed by atoms with Crippen LogP contribution in [-0.2, 0) is 0 Å². The van der Waals surface area contributed by atoms with E-state index in [0.29, 0.717) is 17.4 Å². The van der Waals surface area contributed by atoms with Crippen molar-refractivity contribution in [3.63, 3.8) is 0 Å². The zero-order chi connectivity index (χ0) is 13.5. The van der Waals surface area contributed by atoms with Gasteiger partial charge in [0.1, 0.15) is 10.6 Å². The molecule has 0 saturated heterocycles. The lowest BCUT2D eigenvalue weighted by Gasteiger charge is -2.35. The van der Waals surface area contributed by atoms with Gasteiger partial charge in [-0.1, -0.05) is 20.3 Å². The van der Waals surface area contributed by atoms with E-state index in [-0.39, 0.29) is 0 Å². The van der Waals surface area contributed by atoms with Crippen molar-refractivity contribution in [2.45, 2.75) is 45.6 Å². The topological polar surface area (TPSA) is 63.8 Å². The lowest BCUT2D eigenvalue weighted by molar-refractivity contribution is 0.229. The molecule has 3 N–H and O–H groups in total. The average molecular weight is 276 g/mol. The highest BCUT2D eigenvalue weighted by Crippen LogP contribution is 2.37. The number of fused-ring (bicyclic) bond motifs is 1. The first-order valence-corrected chi connectivity index (χ1v) is 7.69. The number of nitrogen functional groups attached to an aromatic ring is 1. The molecular formula is C14H20N4S. The molecule has 19 heavy (non-hydrogen) atoms. The highest BCUT2D eigenvalue weighted by Gasteiger charge is 2.28. The largest absolute Gasteiger partial charge is 0.368 e. The molecule has 2 heterocycles. The van der Waals surface area contributed by atoms with E-state index < -0.39 is 0 Å². The van der Waals surface area contributed by atoms with E-state index in [4.69, 9.17) is 5.73 Å². The minimum absolute atomic E-state index is 0.354. The van der Waals surface area contributed by atoms with Crippen molar-refractivity contribution >= 4 is 33.3 Å². The maximum absolute atomic E-state index is 5.79. The fourth-order valence-corrected chi connectivity index (χ4v) is 3.77. The van der Waals surface area contributed by atoms with Gasteiger partial charge in [0.05, 0.1) is 5.39 Å². The SMILES string of the molecule is CC1(C)CCCC(Nc2nc(N)nc3sccc23)C1. The van der Waals surface area contributed by atoms with E-state index in [2.05, 4.69) is 35.2 Å². The van der Waals surface area contributed by atoms with Gasteiger partial charge in [-0.25, -0.2) is 4.98 Å². The minimum atomic E-state index is 0.354. The molecule has 2 aromatic rings. The standard InChI is InChI=1S/C14H20N4S/c1-14(2)6-3-4-9(8-14)16-11-10-5-7-19-12(10)18-13(15)17-11/h5,7,9H,3-4,6,8H2,1-2H3,(H3,15,16,17,18). The normalized spacial score (nSPS) is 22.5. The van der Waals surface area contributed by atoms with Crippen molar-refractivity contribution in [3.8, 4) is 0 Å². The van der Waals surface area contributed by atoms with Crippen molar-refractivity contribution in [1.29, 1.82) is 0 Å². The fraction of sp³-hybridized carbons (Fsp3) is 0.571. The van der Waals surface area contributed by atoms with Gasteiger partial charge in [0, 0.05) is 6.04 Å². The molecular weight excluding hydrogens is 256 g/mol. The first kappa shape index (κ1) is 12.7. The Morgan fingerprint density at radius 3 is 3.05 bits per heavy atom.